The Balaban J connectivity index is 1.40. The molecule has 1 amide bonds. The summed E-state index contributed by atoms with van der Waals surface area (Å²) in [6.45, 7) is 5.66. The third-order valence-electron chi connectivity index (χ3n) is 8.81. The molecule has 1 aromatic heterocycles. The third kappa shape index (κ3) is 4.92. The molecule has 5 atom stereocenters. The van der Waals surface area contributed by atoms with Crippen LogP contribution in [-0.4, -0.2) is 72.9 Å². The van der Waals surface area contributed by atoms with Crippen molar-refractivity contribution in [1.82, 2.24) is 19.7 Å². The van der Waals surface area contributed by atoms with Gasteiger partial charge in [0.2, 0.25) is 0 Å². The van der Waals surface area contributed by atoms with Gasteiger partial charge in [0, 0.05) is 49.2 Å². The van der Waals surface area contributed by atoms with Gasteiger partial charge < -0.3 is 19.7 Å². The molecular weight excluding hydrogens is 492 g/mol. The zero-order valence-corrected chi connectivity index (χ0v) is 23.1. The number of fused-ring (bicyclic) bond motifs is 4. The second-order valence-corrected chi connectivity index (χ2v) is 11.5. The number of nitrogens with zero attached hydrogens (tertiary/aromatic N) is 3. The molecule has 1 N–H and O–H groups in total. The fourth-order valence-corrected chi connectivity index (χ4v) is 7.25. The van der Waals surface area contributed by atoms with E-state index in [9.17, 15) is 9.59 Å². The number of hydrogen-bond donors (Lipinski definition) is 1. The van der Waals surface area contributed by atoms with Gasteiger partial charge in [0.1, 0.15) is 11.5 Å². The molecule has 4 bridgehead atoms. The summed E-state index contributed by atoms with van der Waals surface area (Å²) in [7, 11) is 3.92. The highest BCUT2D eigenvalue weighted by Crippen LogP contribution is 2.52. The van der Waals surface area contributed by atoms with Crippen LogP contribution in [0.15, 0.2) is 48.5 Å². The van der Waals surface area contributed by atoms with Crippen molar-refractivity contribution in [3.63, 3.8) is 0 Å². The number of likely N-dealkylation sites (N-methyl/N-ethyl adjacent to an activating group) is 1. The summed E-state index contributed by atoms with van der Waals surface area (Å²) < 4.78 is 13.4. The Kier molecular flexibility index (Phi) is 7.08. The first kappa shape index (κ1) is 25.9. The van der Waals surface area contributed by atoms with Crippen molar-refractivity contribution in [2.45, 2.75) is 44.6 Å². The van der Waals surface area contributed by atoms with Gasteiger partial charge in [0.25, 0.3) is 0 Å². The van der Waals surface area contributed by atoms with Gasteiger partial charge in [0.05, 0.1) is 5.52 Å². The number of piperidine rings is 2. The van der Waals surface area contributed by atoms with Crippen molar-refractivity contribution in [1.29, 1.82) is 0 Å². The maximum absolute atomic E-state index is 13.9. The molecule has 2 aromatic carbocycles. The van der Waals surface area contributed by atoms with Crippen LogP contribution in [0, 0.1) is 11.8 Å². The topological polar surface area (TPSA) is 76.0 Å². The van der Waals surface area contributed by atoms with E-state index in [2.05, 4.69) is 17.1 Å². The van der Waals surface area contributed by atoms with E-state index in [1.54, 1.807) is 18.2 Å². The van der Waals surface area contributed by atoms with Gasteiger partial charge in [-0.05, 0) is 81.1 Å². The number of amides is 1. The van der Waals surface area contributed by atoms with Crippen LogP contribution in [0.1, 0.15) is 43.4 Å². The normalized spacial score (nSPS) is 25.3. The van der Waals surface area contributed by atoms with Crippen LogP contribution in [0.5, 0.6) is 11.5 Å². The molecular formula is C31H38N4O4. The lowest BCUT2D eigenvalue weighted by Crippen LogP contribution is -2.56. The van der Waals surface area contributed by atoms with E-state index in [0.29, 0.717) is 35.9 Å². The van der Waals surface area contributed by atoms with Gasteiger partial charge in [-0.2, -0.15) is 0 Å². The molecule has 8 heteroatoms. The van der Waals surface area contributed by atoms with Crippen LogP contribution in [-0.2, 0) is 6.42 Å². The van der Waals surface area contributed by atoms with Gasteiger partial charge in [-0.3, -0.25) is 4.90 Å². The number of aromatic nitrogens is 1. The summed E-state index contributed by atoms with van der Waals surface area (Å²) in [5.41, 5.74) is 3.08. The molecule has 1 aliphatic carbocycles. The summed E-state index contributed by atoms with van der Waals surface area (Å²) in [6, 6.07) is 15.3. The molecule has 4 heterocycles. The average molecular weight is 531 g/mol. The molecule has 4 aliphatic rings. The quantitative estimate of drug-likeness (QED) is 0.478. The molecule has 206 valence electrons. The summed E-state index contributed by atoms with van der Waals surface area (Å²) in [6.07, 6.45) is 3.52. The minimum absolute atomic E-state index is 0.273. The largest absolute Gasteiger partial charge is 0.424 e. The smallest absolute Gasteiger partial charge is 0.410 e. The van der Waals surface area contributed by atoms with Gasteiger partial charge in [0.15, 0.2) is 0 Å². The van der Waals surface area contributed by atoms with E-state index in [1.807, 2.05) is 53.9 Å². The van der Waals surface area contributed by atoms with Crippen LogP contribution >= 0.6 is 0 Å². The maximum atomic E-state index is 13.9. The molecule has 3 aromatic rings. The van der Waals surface area contributed by atoms with Crippen molar-refractivity contribution < 1.29 is 19.1 Å². The Morgan fingerprint density at radius 3 is 2.64 bits per heavy atom. The molecule has 0 radical (unpaired) electrons. The lowest BCUT2D eigenvalue weighted by atomic mass is 9.65. The van der Waals surface area contributed by atoms with E-state index >= 15 is 0 Å². The summed E-state index contributed by atoms with van der Waals surface area (Å²) in [5.74, 6) is 2.56. The van der Waals surface area contributed by atoms with Crippen LogP contribution in [0.4, 0.5) is 9.59 Å². The van der Waals surface area contributed by atoms with E-state index in [0.717, 1.165) is 55.5 Å². The Hall–Kier alpha value is -3.36. The van der Waals surface area contributed by atoms with Crippen molar-refractivity contribution in [2.75, 3.05) is 40.3 Å². The van der Waals surface area contributed by atoms with Crippen molar-refractivity contribution in [3.8, 4) is 11.5 Å². The number of nitrogens with one attached hydrogen (secondary N) is 1. The highest BCUT2D eigenvalue weighted by atomic mass is 16.6. The zero-order valence-electron chi connectivity index (χ0n) is 23.1. The van der Waals surface area contributed by atoms with Crippen LogP contribution in [0.3, 0.4) is 0 Å². The minimum atomic E-state index is -0.477. The number of ether oxygens (including phenoxy) is 2. The summed E-state index contributed by atoms with van der Waals surface area (Å²) in [4.78, 5) is 31.0. The molecule has 7 rings (SSSR count). The number of para-hydroxylation sites is 1. The average Bonchev–Trinajstić information content (AvgIpc) is 3.19. The first-order valence-electron chi connectivity index (χ1n) is 14.2. The predicted octanol–water partition coefficient (Wildman–Crippen LogP) is 5.10. The highest BCUT2D eigenvalue weighted by Gasteiger charge is 2.50. The van der Waals surface area contributed by atoms with Crippen LogP contribution < -0.4 is 14.8 Å². The van der Waals surface area contributed by atoms with Gasteiger partial charge in [-0.25, -0.2) is 14.2 Å². The van der Waals surface area contributed by atoms with Gasteiger partial charge >= 0.3 is 12.2 Å². The zero-order chi connectivity index (χ0) is 27.1. The molecule has 3 fully saturated rings. The van der Waals surface area contributed by atoms with Crippen molar-refractivity contribution >= 4 is 23.1 Å². The fourth-order valence-electron chi connectivity index (χ4n) is 7.25. The first-order chi connectivity index (χ1) is 18.9. The van der Waals surface area contributed by atoms with Gasteiger partial charge in [-0.1, -0.05) is 31.5 Å². The first-order valence-corrected chi connectivity index (χ1v) is 14.2. The standard InChI is InChI=1S/C31H38N4O4/c1-4-21-16-20-17-26-28(21)34(19-20)14-12-24-25-18-23(38-30(36)32-13-15-33(2)3)10-11-27(25)35(29(24)26)31(37)39-22-8-6-5-7-9-22/h5-11,18,20-21,26,28H,4,12-17,19H2,1-3H3,(H,32,36)/t20-,21-,26+,28?/m0/s1. The number of rotatable bonds is 6. The Labute approximate surface area is 229 Å². The molecule has 0 spiro atoms. The number of carbonyl (C=O) groups excluding carboxylic acids is 2. The van der Waals surface area contributed by atoms with Crippen molar-refractivity contribution in [2.24, 2.45) is 11.8 Å². The van der Waals surface area contributed by atoms with E-state index in [-0.39, 0.29) is 12.0 Å². The maximum Gasteiger partial charge on any atom is 0.424 e. The molecule has 8 nitrogen and oxygen atoms in total. The second-order valence-electron chi connectivity index (χ2n) is 11.5. The predicted molar refractivity (Wildman–Crippen MR) is 151 cm³/mol. The molecule has 39 heavy (non-hydrogen) atoms. The molecule has 3 aliphatic heterocycles. The Morgan fingerprint density at radius 1 is 1.05 bits per heavy atom. The minimum Gasteiger partial charge on any atom is -0.410 e. The third-order valence-corrected chi connectivity index (χ3v) is 8.81. The molecule has 2 unspecified atom stereocenters. The number of hydrogen-bond acceptors (Lipinski definition) is 6. The van der Waals surface area contributed by atoms with E-state index in [1.165, 1.54) is 12.0 Å². The van der Waals surface area contributed by atoms with Crippen LogP contribution in [0.25, 0.3) is 10.9 Å². The monoisotopic (exact) mass is 530 g/mol. The SMILES string of the molecule is CC[C@H]1C[C@H]2C[C@H]3c4c(c5cc(OC(=O)NCCN(C)C)ccc5n4C(=O)Oc4ccccc4)CCN(C2)C13. The Bertz CT molecular complexity index is 1370. The number of benzene rings is 2. The van der Waals surface area contributed by atoms with Crippen LogP contribution in [0.2, 0.25) is 0 Å². The summed E-state index contributed by atoms with van der Waals surface area (Å²) >= 11 is 0. The fraction of sp³-hybridized carbons (Fsp3) is 0.484. The number of carbonyl (C=O) groups is 2. The lowest BCUT2D eigenvalue weighted by Gasteiger charge is -2.53. The molecule has 2 saturated heterocycles. The van der Waals surface area contributed by atoms with Gasteiger partial charge in [-0.15, -0.1) is 0 Å². The van der Waals surface area contributed by atoms with E-state index in [4.69, 9.17) is 9.47 Å². The van der Waals surface area contributed by atoms with Crippen molar-refractivity contribution in [3.05, 3.63) is 59.8 Å². The van der Waals surface area contributed by atoms with E-state index < -0.39 is 6.09 Å². The summed E-state index contributed by atoms with van der Waals surface area (Å²) in [5, 5.41) is 3.77. The highest BCUT2D eigenvalue weighted by molar-refractivity contribution is 5.95. The Morgan fingerprint density at radius 2 is 1.87 bits per heavy atom. The lowest BCUT2D eigenvalue weighted by molar-refractivity contribution is -0.0139. The second kappa shape index (κ2) is 10.7. The molecule has 1 saturated carbocycles.